The minimum atomic E-state index is -4.60. The fourth-order valence-corrected chi connectivity index (χ4v) is 1.94. The number of carbonyl (C=O) groups excluding carboxylic acids is 1. The molecule has 0 spiro atoms. The number of halogens is 4. The molecule has 1 heterocycles. The van der Waals surface area contributed by atoms with E-state index in [0.717, 1.165) is 4.90 Å². The van der Waals surface area contributed by atoms with E-state index in [4.69, 9.17) is 5.73 Å². The monoisotopic (exact) mass is 256 g/mol. The first kappa shape index (κ1) is 14.2. The third kappa shape index (κ3) is 2.88. The van der Waals surface area contributed by atoms with Crippen LogP contribution in [-0.4, -0.2) is 42.8 Å². The highest BCUT2D eigenvalue weighted by molar-refractivity contribution is 5.84. The molecule has 0 saturated carbocycles. The van der Waals surface area contributed by atoms with Crippen LogP contribution < -0.4 is 5.73 Å². The lowest BCUT2D eigenvalue weighted by Gasteiger charge is -2.37. The first-order valence-corrected chi connectivity index (χ1v) is 5.46. The molecule has 2 unspecified atom stereocenters. The summed E-state index contributed by atoms with van der Waals surface area (Å²) >= 11 is 0. The van der Waals surface area contributed by atoms with Crippen LogP contribution in [0.25, 0.3) is 0 Å². The zero-order valence-electron chi connectivity index (χ0n) is 9.51. The van der Waals surface area contributed by atoms with Crippen molar-refractivity contribution in [3.05, 3.63) is 0 Å². The van der Waals surface area contributed by atoms with Gasteiger partial charge in [-0.25, -0.2) is 8.78 Å². The molecule has 1 rings (SSSR count). The predicted octanol–water partition coefficient (Wildman–Crippen LogP) is 1.33. The van der Waals surface area contributed by atoms with Crippen LogP contribution in [0.3, 0.4) is 0 Å². The van der Waals surface area contributed by atoms with Crippen molar-refractivity contribution < 1.29 is 22.4 Å². The summed E-state index contributed by atoms with van der Waals surface area (Å²) in [6.45, 7) is 2.27. The summed E-state index contributed by atoms with van der Waals surface area (Å²) in [4.78, 5) is 12.1. The first-order chi connectivity index (χ1) is 7.80. The lowest BCUT2D eigenvalue weighted by atomic mass is 9.87. The van der Waals surface area contributed by atoms with E-state index in [9.17, 15) is 22.4 Å². The molecular weight excluding hydrogens is 240 g/mol. The fraction of sp³-hybridized carbons (Fsp3) is 0.900. The summed E-state index contributed by atoms with van der Waals surface area (Å²) in [6, 6.07) is 0. The Morgan fingerprint density at radius 1 is 1.53 bits per heavy atom. The maximum atomic E-state index is 12.9. The van der Waals surface area contributed by atoms with Gasteiger partial charge in [0.25, 0.3) is 5.91 Å². The molecule has 2 N–H and O–H groups in total. The molecule has 1 aliphatic heterocycles. The van der Waals surface area contributed by atoms with E-state index in [1.54, 1.807) is 0 Å². The topological polar surface area (TPSA) is 46.3 Å². The highest BCUT2D eigenvalue weighted by atomic mass is 19.3. The lowest BCUT2D eigenvalue weighted by molar-refractivity contribution is -0.182. The zero-order valence-corrected chi connectivity index (χ0v) is 9.51. The van der Waals surface area contributed by atoms with Crippen LogP contribution in [0.4, 0.5) is 17.6 Å². The molecule has 3 nitrogen and oxygen atoms in total. The van der Waals surface area contributed by atoms with Crippen molar-refractivity contribution in [2.45, 2.75) is 25.7 Å². The molecule has 7 heteroatoms. The van der Waals surface area contributed by atoms with Crippen molar-refractivity contribution in [2.24, 2.45) is 17.6 Å². The number of nitrogens with two attached hydrogens (primary N) is 1. The molecule has 0 aliphatic carbocycles. The van der Waals surface area contributed by atoms with Gasteiger partial charge >= 0.3 is 12.3 Å². The maximum absolute atomic E-state index is 12.9. The van der Waals surface area contributed by atoms with Crippen molar-refractivity contribution in [2.75, 3.05) is 19.6 Å². The van der Waals surface area contributed by atoms with Crippen molar-refractivity contribution in [3.63, 3.8) is 0 Å². The van der Waals surface area contributed by atoms with Gasteiger partial charge in [0.15, 0.2) is 0 Å². The SMILES string of the molecule is CC1CCN(C(=O)C(F)(F)C(F)F)CC1CN. The Hall–Kier alpha value is -0.850. The van der Waals surface area contributed by atoms with Gasteiger partial charge in [-0.1, -0.05) is 6.92 Å². The van der Waals surface area contributed by atoms with Crippen molar-refractivity contribution in [3.8, 4) is 0 Å². The molecule has 1 aliphatic rings. The maximum Gasteiger partial charge on any atom is 0.383 e. The Balaban J connectivity index is 2.71. The van der Waals surface area contributed by atoms with E-state index in [2.05, 4.69) is 0 Å². The van der Waals surface area contributed by atoms with Gasteiger partial charge in [0.1, 0.15) is 0 Å². The van der Waals surface area contributed by atoms with E-state index in [1.165, 1.54) is 0 Å². The summed E-state index contributed by atoms with van der Waals surface area (Å²) in [7, 11) is 0. The molecule has 1 saturated heterocycles. The van der Waals surface area contributed by atoms with Crippen LogP contribution >= 0.6 is 0 Å². The molecule has 0 aromatic heterocycles. The molecule has 100 valence electrons. The Kier molecular flexibility index (Phi) is 4.35. The second kappa shape index (κ2) is 5.20. The van der Waals surface area contributed by atoms with Gasteiger partial charge in [-0.05, 0) is 24.8 Å². The smallest absolute Gasteiger partial charge is 0.337 e. The number of nitrogens with zero attached hydrogens (tertiary/aromatic N) is 1. The normalized spacial score (nSPS) is 26.4. The molecule has 0 radical (unpaired) electrons. The molecule has 17 heavy (non-hydrogen) atoms. The van der Waals surface area contributed by atoms with Gasteiger partial charge in [-0.3, -0.25) is 4.79 Å². The van der Waals surface area contributed by atoms with Gasteiger partial charge in [-0.15, -0.1) is 0 Å². The van der Waals surface area contributed by atoms with E-state index in [0.29, 0.717) is 6.42 Å². The minimum absolute atomic E-state index is 0.0266. The summed E-state index contributed by atoms with van der Waals surface area (Å²) in [5.41, 5.74) is 5.45. The molecule has 2 atom stereocenters. The first-order valence-electron chi connectivity index (χ1n) is 5.46. The Morgan fingerprint density at radius 2 is 2.12 bits per heavy atom. The van der Waals surface area contributed by atoms with Gasteiger partial charge in [0.2, 0.25) is 0 Å². The van der Waals surface area contributed by atoms with E-state index >= 15 is 0 Å². The van der Waals surface area contributed by atoms with E-state index in [-0.39, 0.29) is 31.5 Å². The number of carbonyl (C=O) groups is 1. The number of hydrogen-bond donors (Lipinski definition) is 1. The van der Waals surface area contributed by atoms with Gasteiger partial charge in [0.05, 0.1) is 0 Å². The lowest BCUT2D eigenvalue weighted by Crippen LogP contribution is -2.53. The van der Waals surface area contributed by atoms with Gasteiger partial charge in [-0.2, -0.15) is 8.78 Å². The Bertz CT molecular complexity index is 285. The quantitative estimate of drug-likeness (QED) is 0.774. The fourth-order valence-electron chi connectivity index (χ4n) is 1.94. The number of amides is 1. The highest BCUT2D eigenvalue weighted by Gasteiger charge is 2.51. The molecular formula is C10H16F4N2O. The minimum Gasteiger partial charge on any atom is -0.337 e. The third-order valence-electron chi connectivity index (χ3n) is 3.26. The van der Waals surface area contributed by atoms with Crippen LogP contribution in [0, 0.1) is 11.8 Å². The van der Waals surface area contributed by atoms with Gasteiger partial charge in [0, 0.05) is 13.1 Å². The summed E-state index contributed by atoms with van der Waals surface area (Å²) < 4.78 is 49.9. The van der Waals surface area contributed by atoms with Gasteiger partial charge < -0.3 is 10.6 Å². The van der Waals surface area contributed by atoms with E-state index in [1.807, 2.05) is 6.92 Å². The van der Waals surface area contributed by atoms with Crippen molar-refractivity contribution >= 4 is 5.91 Å². The third-order valence-corrected chi connectivity index (χ3v) is 3.26. The molecule has 0 aromatic carbocycles. The van der Waals surface area contributed by atoms with Crippen molar-refractivity contribution in [1.29, 1.82) is 0 Å². The molecule has 0 aromatic rings. The number of alkyl halides is 4. The van der Waals surface area contributed by atoms with Crippen LogP contribution in [0.5, 0.6) is 0 Å². The largest absolute Gasteiger partial charge is 0.383 e. The van der Waals surface area contributed by atoms with Crippen LogP contribution in [0.1, 0.15) is 13.3 Å². The second-order valence-electron chi connectivity index (χ2n) is 4.44. The molecule has 1 fully saturated rings. The average molecular weight is 256 g/mol. The zero-order chi connectivity index (χ0) is 13.2. The van der Waals surface area contributed by atoms with E-state index < -0.39 is 18.3 Å². The summed E-state index contributed by atoms with van der Waals surface area (Å²) in [6.07, 6.45) is -3.46. The number of piperidine rings is 1. The highest BCUT2D eigenvalue weighted by Crippen LogP contribution is 2.29. The predicted molar refractivity (Wildman–Crippen MR) is 53.9 cm³/mol. The Morgan fingerprint density at radius 3 is 2.59 bits per heavy atom. The number of hydrogen-bond acceptors (Lipinski definition) is 2. The van der Waals surface area contributed by atoms with Crippen LogP contribution in [0.15, 0.2) is 0 Å². The van der Waals surface area contributed by atoms with Crippen molar-refractivity contribution in [1.82, 2.24) is 4.90 Å². The molecule has 1 amide bonds. The summed E-state index contributed by atoms with van der Waals surface area (Å²) in [5, 5.41) is 0. The standard InChI is InChI=1S/C10H16F4N2O/c1-6-2-3-16(5-7(6)4-15)9(17)10(13,14)8(11)12/h6-8H,2-5,15H2,1H3. The van der Waals surface area contributed by atoms with Crippen LogP contribution in [0.2, 0.25) is 0 Å². The Labute approximate surface area is 96.9 Å². The summed E-state index contributed by atoms with van der Waals surface area (Å²) in [5.74, 6) is -6.29. The van der Waals surface area contributed by atoms with Crippen LogP contribution in [-0.2, 0) is 4.79 Å². The number of rotatable bonds is 3. The number of likely N-dealkylation sites (tertiary alicyclic amines) is 1. The second-order valence-corrected chi connectivity index (χ2v) is 4.44. The average Bonchev–Trinajstić information content (AvgIpc) is 2.28. The molecule has 0 bridgehead atoms.